The van der Waals surface area contributed by atoms with E-state index in [4.69, 9.17) is 16.3 Å². The van der Waals surface area contributed by atoms with E-state index in [2.05, 4.69) is 5.32 Å². The summed E-state index contributed by atoms with van der Waals surface area (Å²) in [5.74, 6) is -1.15. The number of alkyl halides is 3. The van der Waals surface area contributed by atoms with E-state index in [1.54, 1.807) is 12.1 Å². The van der Waals surface area contributed by atoms with Gasteiger partial charge in [0.05, 0.1) is 15.5 Å². The number of carbonyl (C=O) groups is 1. The van der Waals surface area contributed by atoms with Crippen molar-refractivity contribution in [3.63, 3.8) is 0 Å². The molecular formula is C25H17ClF3N3O4. The van der Waals surface area contributed by atoms with E-state index in [1.165, 1.54) is 24.3 Å². The SMILES string of the molecule is Cc1cccc(NC(=O)/C(C#N)=C\c2ccc(Oc3ccc(C(F)(F)F)cc3[N+](=O)[O-])c(Cl)c2)c1C. The number of anilines is 1. The number of nitriles is 1. The average Bonchev–Trinajstić information content (AvgIpc) is 2.81. The number of hydrogen-bond acceptors (Lipinski definition) is 5. The van der Waals surface area contributed by atoms with E-state index in [0.29, 0.717) is 23.4 Å². The lowest BCUT2D eigenvalue weighted by atomic mass is 10.1. The molecule has 7 nitrogen and oxygen atoms in total. The van der Waals surface area contributed by atoms with Crippen molar-refractivity contribution >= 4 is 35.0 Å². The Morgan fingerprint density at radius 1 is 1.14 bits per heavy atom. The molecule has 3 aromatic carbocycles. The largest absolute Gasteiger partial charge is 0.449 e. The molecule has 0 atom stereocenters. The molecule has 0 bridgehead atoms. The Balaban J connectivity index is 1.86. The smallest absolute Gasteiger partial charge is 0.416 e. The van der Waals surface area contributed by atoms with E-state index >= 15 is 0 Å². The topological polar surface area (TPSA) is 105 Å². The van der Waals surface area contributed by atoms with Gasteiger partial charge >= 0.3 is 11.9 Å². The van der Waals surface area contributed by atoms with Gasteiger partial charge in [0.1, 0.15) is 17.4 Å². The van der Waals surface area contributed by atoms with Crippen molar-refractivity contribution in [2.75, 3.05) is 5.32 Å². The van der Waals surface area contributed by atoms with Crippen LogP contribution in [0.1, 0.15) is 22.3 Å². The van der Waals surface area contributed by atoms with Crippen LogP contribution in [0.3, 0.4) is 0 Å². The molecule has 11 heteroatoms. The summed E-state index contributed by atoms with van der Waals surface area (Å²) in [6.45, 7) is 3.72. The molecular weight excluding hydrogens is 499 g/mol. The van der Waals surface area contributed by atoms with Crippen LogP contribution >= 0.6 is 11.6 Å². The summed E-state index contributed by atoms with van der Waals surface area (Å²) in [6, 6.07) is 13.1. The minimum Gasteiger partial charge on any atom is -0.449 e. The van der Waals surface area contributed by atoms with Crippen LogP contribution in [0.2, 0.25) is 5.02 Å². The van der Waals surface area contributed by atoms with Gasteiger partial charge in [-0.2, -0.15) is 18.4 Å². The number of nitrogens with one attached hydrogen (secondary N) is 1. The molecule has 0 aliphatic carbocycles. The molecule has 3 rings (SSSR count). The van der Waals surface area contributed by atoms with Gasteiger partial charge in [-0.15, -0.1) is 0 Å². The highest BCUT2D eigenvalue weighted by atomic mass is 35.5. The highest BCUT2D eigenvalue weighted by Crippen LogP contribution is 2.39. The summed E-state index contributed by atoms with van der Waals surface area (Å²) in [5, 5.41) is 23.4. The number of benzene rings is 3. The molecule has 1 N–H and O–H groups in total. The first-order chi connectivity index (χ1) is 16.9. The van der Waals surface area contributed by atoms with E-state index in [0.717, 1.165) is 17.2 Å². The van der Waals surface area contributed by atoms with E-state index in [1.807, 2.05) is 26.0 Å². The number of ether oxygens (including phenoxy) is 1. The fraction of sp³-hybridized carbons (Fsp3) is 0.120. The predicted octanol–water partition coefficient (Wildman–Crippen LogP) is 7.22. The fourth-order valence-corrected chi connectivity index (χ4v) is 3.35. The van der Waals surface area contributed by atoms with Crippen LogP contribution in [0.5, 0.6) is 11.5 Å². The normalized spacial score (nSPS) is 11.5. The van der Waals surface area contributed by atoms with Gasteiger partial charge in [0.15, 0.2) is 0 Å². The van der Waals surface area contributed by atoms with Gasteiger partial charge in [-0.1, -0.05) is 29.8 Å². The minimum absolute atomic E-state index is 0.0508. The standard InChI is InChI=1S/C25H17ClF3N3O4/c1-14-4-3-5-20(15(14)2)31-24(33)17(13-30)10-16-6-8-22(19(26)11-16)36-23-9-7-18(25(27,28)29)12-21(23)32(34)35/h3-12H,1-2H3,(H,31,33)/b17-10-. The zero-order chi connectivity index (χ0) is 26.6. The second-order valence-corrected chi connectivity index (χ2v) is 8.01. The summed E-state index contributed by atoms with van der Waals surface area (Å²) < 4.78 is 44.1. The molecule has 1 amide bonds. The molecule has 0 saturated heterocycles. The van der Waals surface area contributed by atoms with Crippen LogP contribution in [0, 0.1) is 35.3 Å². The number of halogens is 4. The summed E-state index contributed by atoms with van der Waals surface area (Å²) in [6.07, 6.45) is -3.48. The fourth-order valence-electron chi connectivity index (χ4n) is 3.12. The number of nitrogens with zero attached hydrogens (tertiary/aromatic N) is 2. The first kappa shape index (κ1) is 26.2. The molecule has 0 aliphatic heterocycles. The number of rotatable bonds is 6. The number of nitro groups is 1. The number of carbonyl (C=O) groups excluding carboxylic acids is 1. The maximum Gasteiger partial charge on any atom is 0.416 e. The van der Waals surface area contributed by atoms with Crippen molar-refractivity contribution in [2.24, 2.45) is 0 Å². The Morgan fingerprint density at radius 3 is 2.44 bits per heavy atom. The highest BCUT2D eigenvalue weighted by Gasteiger charge is 2.33. The zero-order valence-electron chi connectivity index (χ0n) is 18.8. The van der Waals surface area contributed by atoms with E-state index in [-0.39, 0.29) is 16.3 Å². The lowest BCUT2D eigenvalue weighted by Gasteiger charge is -2.11. The molecule has 0 fully saturated rings. The molecule has 0 heterocycles. The Morgan fingerprint density at radius 2 is 1.83 bits per heavy atom. The third kappa shape index (κ3) is 6.00. The van der Waals surface area contributed by atoms with Gasteiger partial charge < -0.3 is 10.1 Å². The number of hydrogen-bond donors (Lipinski definition) is 1. The summed E-state index contributed by atoms with van der Waals surface area (Å²) >= 11 is 6.20. The lowest BCUT2D eigenvalue weighted by molar-refractivity contribution is -0.385. The van der Waals surface area contributed by atoms with E-state index < -0.39 is 34.0 Å². The van der Waals surface area contributed by atoms with Gasteiger partial charge in [0.25, 0.3) is 5.91 Å². The third-order valence-electron chi connectivity index (χ3n) is 5.19. The first-order valence-electron chi connectivity index (χ1n) is 10.2. The Labute approximate surface area is 208 Å². The molecule has 0 aromatic heterocycles. The third-order valence-corrected chi connectivity index (χ3v) is 5.48. The molecule has 0 radical (unpaired) electrons. The number of amides is 1. The molecule has 184 valence electrons. The molecule has 0 unspecified atom stereocenters. The van der Waals surface area contributed by atoms with Crippen molar-refractivity contribution < 1.29 is 27.6 Å². The van der Waals surface area contributed by atoms with Crippen molar-refractivity contribution in [1.82, 2.24) is 0 Å². The molecule has 36 heavy (non-hydrogen) atoms. The quantitative estimate of drug-likeness (QED) is 0.161. The van der Waals surface area contributed by atoms with Gasteiger partial charge in [0, 0.05) is 11.8 Å². The van der Waals surface area contributed by atoms with Crippen LogP contribution < -0.4 is 10.1 Å². The molecule has 0 saturated carbocycles. The second kappa shape index (κ2) is 10.5. The molecule has 0 spiro atoms. The highest BCUT2D eigenvalue weighted by molar-refractivity contribution is 6.32. The van der Waals surface area contributed by atoms with Gasteiger partial charge in [-0.25, -0.2) is 0 Å². The maximum absolute atomic E-state index is 12.9. The number of aryl methyl sites for hydroxylation is 1. The van der Waals surface area contributed by atoms with Gasteiger partial charge in [-0.3, -0.25) is 14.9 Å². The minimum atomic E-state index is -4.77. The zero-order valence-corrected chi connectivity index (χ0v) is 19.6. The maximum atomic E-state index is 12.9. The Kier molecular flexibility index (Phi) is 7.65. The molecule has 0 aliphatic rings. The van der Waals surface area contributed by atoms with Crippen LogP contribution in [-0.4, -0.2) is 10.8 Å². The Bertz CT molecular complexity index is 1430. The van der Waals surface area contributed by atoms with Crippen LogP contribution in [0.15, 0.2) is 60.2 Å². The summed E-state index contributed by atoms with van der Waals surface area (Å²) in [7, 11) is 0. The monoisotopic (exact) mass is 515 g/mol. The van der Waals surface area contributed by atoms with Gasteiger partial charge in [-0.05, 0) is 66.9 Å². The van der Waals surface area contributed by atoms with E-state index in [9.17, 15) is 33.3 Å². The van der Waals surface area contributed by atoms with Crippen molar-refractivity contribution in [2.45, 2.75) is 20.0 Å². The van der Waals surface area contributed by atoms with Crippen LogP contribution in [0.25, 0.3) is 6.08 Å². The lowest BCUT2D eigenvalue weighted by Crippen LogP contribution is -2.14. The van der Waals surface area contributed by atoms with Crippen molar-refractivity contribution in [3.05, 3.63) is 97.6 Å². The van der Waals surface area contributed by atoms with Crippen LogP contribution in [-0.2, 0) is 11.0 Å². The molecule has 3 aromatic rings. The predicted molar refractivity (Wildman–Crippen MR) is 128 cm³/mol. The van der Waals surface area contributed by atoms with Crippen molar-refractivity contribution in [1.29, 1.82) is 5.26 Å². The van der Waals surface area contributed by atoms with Crippen molar-refractivity contribution in [3.8, 4) is 17.6 Å². The first-order valence-corrected chi connectivity index (χ1v) is 10.6. The summed E-state index contributed by atoms with van der Waals surface area (Å²) in [5.41, 5.74) is 0.425. The second-order valence-electron chi connectivity index (χ2n) is 7.60. The average molecular weight is 516 g/mol. The number of nitro benzene ring substituents is 1. The van der Waals surface area contributed by atoms with Gasteiger partial charge in [0.2, 0.25) is 5.75 Å². The van der Waals surface area contributed by atoms with Crippen LogP contribution in [0.4, 0.5) is 24.5 Å². The Hall–Kier alpha value is -4.36. The summed E-state index contributed by atoms with van der Waals surface area (Å²) in [4.78, 5) is 22.9.